The summed E-state index contributed by atoms with van der Waals surface area (Å²) in [6.45, 7) is 0. The van der Waals surface area contributed by atoms with Gasteiger partial charge in [-0.2, -0.15) is 0 Å². The highest BCUT2D eigenvalue weighted by atomic mass is 79.9. The van der Waals surface area contributed by atoms with Gasteiger partial charge in [0.25, 0.3) is 0 Å². The standard InChI is InChI=1S/C10H11BrO2/c1-13-10-5-7-6(4-8(10)11)2-3-9(7)12/h4-5,9,12H,2-3H2,1H3/t9-/m1/s1. The number of aliphatic hydroxyl groups is 1. The van der Waals surface area contributed by atoms with Gasteiger partial charge in [-0.15, -0.1) is 0 Å². The quantitative estimate of drug-likeness (QED) is 0.820. The van der Waals surface area contributed by atoms with Crippen LogP contribution in [-0.2, 0) is 6.42 Å². The Hall–Kier alpha value is -0.540. The number of aliphatic hydroxyl groups excluding tert-OH is 1. The molecule has 2 nitrogen and oxygen atoms in total. The fraction of sp³-hybridized carbons (Fsp3) is 0.400. The van der Waals surface area contributed by atoms with E-state index in [1.165, 1.54) is 5.56 Å². The fourth-order valence-corrected chi connectivity index (χ4v) is 2.29. The molecule has 1 N–H and O–H groups in total. The number of halogens is 1. The number of hydrogen-bond acceptors (Lipinski definition) is 2. The summed E-state index contributed by atoms with van der Waals surface area (Å²) < 4.78 is 6.12. The molecule has 0 radical (unpaired) electrons. The van der Waals surface area contributed by atoms with Gasteiger partial charge in [0, 0.05) is 0 Å². The monoisotopic (exact) mass is 242 g/mol. The van der Waals surface area contributed by atoms with E-state index in [1.54, 1.807) is 7.11 Å². The number of rotatable bonds is 1. The van der Waals surface area contributed by atoms with Crippen molar-refractivity contribution in [3.8, 4) is 5.75 Å². The first-order chi connectivity index (χ1) is 6.22. The van der Waals surface area contributed by atoms with Gasteiger partial charge in [-0.25, -0.2) is 0 Å². The van der Waals surface area contributed by atoms with Gasteiger partial charge >= 0.3 is 0 Å². The van der Waals surface area contributed by atoms with Crippen LogP contribution in [-0.4, -0.2) is 12.2 Å². The largest absolute Gasteiger partial charge is 0.496 e. The first kappa shape index (κ1) is 9.03. The van der Waals surface area contributed by atoms with E-state index in [1.807, 2.05) is 12.1 Å². The molecular weight excluding hydrogens is 232 g/mol. The van der Waals surface area contributed by atoms with E-state index in [0.717, 1.165) is 28.6 Å². The second-order valence-corrected chi connectivity index (χ2v) is 4.09. The number of hydrogen-bond donors (Lipinski definition) is 1. The molecule has 3 heteroatoms. The van der Waals surface area contributed by atoms with Crippen molar-refractivity contribution in [1.82, 2.24) is 0 Å². The molecule has 0 fully saturated rings. The van der Waals surface area contributed by atoms with E-state index in [2.05, 4.69) is 15.9 Å². The van der Waals surface area contributed by atoms with Crippen LogP contribution in [0.15, 0.2) is 16.6 Å². The summed E-state index contributed by atoms with van der Waals surface area (Å²) >= 11 is 3.42. The first-order valence-corrected chi connectivity index (χ1v) is 5.06. The van der Waals surface area contributed by atoms with Crippen LogP contribution >= 0.6 is 15.9 Å². The van der Waals surface area contributed by atoms with E-state index >= 15 is 0 Å². The van der Waals surface area contributed by atoms with Crippen molar-refractivity contribution in [3.63, 3.8) is 0 Å². The fourth-order valence-electron chi connectivity index (χ4n) is 1.74. The number of ether oxygens (including phenoxy) is 1. The molecule has 0 saturated carbocycles. The first-order valence-electron chi connectivity index (χ1n) is 4.26. The zero-order valence-corrected chi connectivity index (χ0v) is 8.97. The van der Waals surface area contributed by atoms with Crippen molar-refractivity contribution >= 4 is 15.9 Å². The highest BCUT2D eigenvalue weighted by molar-refractivity contribution is 9.10. The van der Waals surface area contributed by atoms with Crippen molar-refractivity contribution in [3.05, 3.63) is 27.7 Å². The van der Waals surface area contributed by atoms with Crippen molar-refractivity contribution in [1.29, 1.82) is 0 Å². The minimum absolute atomic E-state index is 0.308. The molecule has 0 heterocycles. The lowest BCUT2D eigenvalue weighted by atomic mass is 10.1. The van der Waals surface area contributed by atoms with Crippen LogP contribution in [0.2, 0.25) is 0 Å². The Bertz CT molecular complexity index is 336. The number of benzene rings is 1. The van der Waals surface area contributed by atoms with Crippen LogP contribution in [0.25, 0.3) is 0 Å². The molecule has 1 aliphatic carbocycles. The second-order valence-electron chi connectivity index (χ2n) is 3.24. The smallest absolute Gasteiger partial charge is 0.133 e. The van der Waals surface area contributed by atoms with Gasteiger partial charge < -0.3 is 9.84 Å². The van der Waals surface area contributed by atoms with Gasteiger partial charge in [0.15, 0.2) is 0 Å². The summed E-state index contributed by atoms with van der Waals surface area (Å²) in [5.41, 5.74) is 2.24. The third kappa shape index (κ3) is 1.46. The van der Waals surface area contributed by atoms with Crippen molar-refractivity contribution < 1.29 is 9.84 Å². The zero-order chi connectivity index (χ0) is 9.42. The lowest BCUT2D eigenvalue weighted by molar-refractivity contribution is 0.179. The predicted octanol–water partition coefficient (Wildman–Crippen LogP) is 2.44. The molecule has 0 aromatic heterocycles. The summed E-state index contributed by atoms with van der Waals surface area (Å²) in [4.78, 5) is 0. The van der Waals surface area contributed by atoms with E-state index in [0.29, 0.717) is 0 Å². The summed E-state index contributed by atoms with van der Waals surface area (Å²) in [5.74, 6) is 0.791. The molecule has 0 spiro atoms. The van der Waals surface area contributed by atoms with Gasteiger partial charge in [-0.1, -0.05) is 0 Å². The molecule has 0 saturated heterocycles. The molecule has 0 amide bonds. The normalized spacial score (nSPS) is 20.1. The summed E-state index contributed by atoms with van der Waals surface area (Å²) in [7, 11) is 1.63. The predicted molar refractivity (Wildman–Crippen MR) is 54.0 cm³/mol. The minimum Gasteiger partial charge on any atom is -0.496 e. The third-order valence-corrected chi connectivity index (χ3v) is 3.08. The van der Waals surface area contributed by atoms with E-state index in [9.17, 15) is 5.11 Å². The molecule has 1 aliphatic rings. The molecule has 0 aliphatic heterocycles. The Morgan fingerprint density at radius 2 is 2.31 bits per heavy atom. The van der Waals surface area contributed by atoms with Crippen LogP contribution in [0, 0.1) is 0 Å². The molecule has 1 aromatic rings. The molecule has 1 aromatic carbocycles. The van der Waals surface area contributed by atoms with Crippen LogP contribution in [0.1, 0.15) is 23.7 Å². The van der Waals surface area contributed by atoms with Crippen LogP contribution in [0.5, 0.6) is 5.75 Å². The van der Waals surface area contributed by atoms with Crippen LogP contribution < -0.4 is 4.74 Å². The van der Waals surface area contributed by atoms with Gasteiger partial charge in [0.1, 0.15) is 5.75 Å². The number of methoxy groups -OCH3 is 1. The van der Waals surface area contributed by atoms with Gasteiger partial charge in [0.2, 0.25) is 0 Å². The summed E-state index contributed by atoms with van der Waals surface area (Å²) in [6, 6.07) is 3.95. The molecular formula is C10H11BrO2. The molecule has 0 unspecified atom stereocenters. The topological polar surface area (TPSA) is 29.5 Å². The zero-order valence-electron chi connectivity index (χ0n) is 7.38. The highest BCUT2D eigenvalue weighted by Gasteiger charge is 2.21. The van der Waals surface area contributed by atoms with E-state index in [-0.39, 0.29) is 6.10 Å². The van der Waals surface area contributed by atoms with E-state index in [4.69, 9.17) is 4.74 Å². The Labute approximate surface area is 85.7 Å². The Morgan fingerprint density at radius 1 is 1.54 bits per heavy atom. The van der Waals surface area contributed by atoms with Crippen LogP contribution in [0.3, 0.4) is 0 Å². The summed E-state index contributed by atoms with van der Waals surface area (Å²) in [6.07, 6.45) is 1.48. The van der Waals surface area contributed by atoms with E-state index < -0.39 is 0 Å². The third-order valence-electron chi connectivity index (χ3n) is 2.46. The lowest BCUT2D eigenvalue weighted by Gasteiger charge is -2.08. The second kappa shape index (κ2) is 3.31. The molecule has 2 rings (SSSR count). The maximum absolute atomic E-state index is 9.62. The number of fused-ring (bicyclic) bond motifs is 1. The summed E-state index contributed by atoms with van der Waals surface area (Å²) in [5, 5.41) is 9.62. The molecule has 70 valence electrons. The minimum atomic E-state index is -0.308. The molecule has 13 heavy (non-hydrogen) atoms. The van der Waals surface area contributed by atoms with Crippen LogP contribution in [0.4, 0.5) is 0 Å². The number of aryl methyl sites for hydroxylation is 1. The van der Waals surface area contributed by atoms with Gasteiger partial charge in [-0.05, 0) is 52.0 Å². The van der Waals surface area contributed by atoms with Crippen molar-refractivity contribution in [2.45, 2.75) is 18.9 Å². The molecule has 1 atom stereocenters. The maximum Gasteiger partial charge on any atom is 0.133 e. The Balaban J connectivity index is 2.51. The molecule has 0 bridgehead atoms. The average Bonchev–Trinajstić information content (AvgIpc) is 2.46. The van der Waals surface area contributed by atoms with Crippen molar-refractivity contribution in [2.75, 3.05) is 7.11 Å². The van der Waals surface area contributed by atoms with Gasteiger partial charge in [0.05, 0.1) is 17.7 Å². The van der Waals surface area contributed by atoms with Crippen molar-refractivity contribution in [2.24, 2.45) is 0 Å². The average molecular weight is 243 g/mol. The Morgan fingerprint density at radius 3 is 3.00 bits per heavy atom. The highest BCUT2D eigenvalue weighted by Crippen LogP contribution is 2.37. The Kier molecular flexibility index (Phi) is 2.30. The lowest BCUT2D eigenvalue weighted by Crippen LogP contribution is -1.92. The maximum atomic E-state index is 9.62. The van der Waals surface area contributed by atoms with Gasteiger partial charge in [-0.3, -0.25) is 0 Å². The SMILES string of the molecule is COc1cc2c(cc1Br)CC[C@H]2O.